The summed E-state index contributed by atoms with van der Waals surface area (Å²) in [5, 5.41) is 21.1. The van der Waals surface area contributed by atoms with Crippen molar-refractivity contribution >= 4 is 52.1 Å². The molecule has 2 amide bonds. The first-order valence-corrected chi connectivity index (χ1v) is 26.1. The van der Waals surface area contributed by atoms with Crippen LogP contribution in [0.2, 0.25) is 39.3 Å². The lowest BCUT2D eigenvalue weighted by molar-refractivity contribution is -0.161. The molecule has 2 N–H and O–H groups in total. The summed E-state index contributed by atoms with van der Waals surface area (Å²) in [6.07, 6.45) is 0.661. The largest absolute Gasteiger partial charge is 0.463 e. The minimum atomic E-state index is -2.44. The van der Waals surface area contributed by atoms with Gasteiger partial charge in [0.25, 0.3) is 0 Å². The van der Waals surface area contributed by atoms with Gasteiger partial charge in [0, 0.05) is 0 Å². The van der Waals surface area contributed by atoms with Crippen molar-refractivity contribution in [2.24, 2.45) is 5.41 Å². The molecule has 4 rings (SSSR count). The Hall–Kier alpha value is -4.10. The number of nitriles is 1. The van der Waals surface area contributed by atoms with Gasteiger partial charge < -0.3 is 37.9 Å². The average Bonchev–Trinajstić information content (AvgIpc) is 3.61. The molecule has 19 heteroatoms. The minimum absolute atomic E-state index is 0.0501. The van der Waals surface area contributed by atoms with Crippen LogP contribution in [0.1, 0.15) is 85.8 Å². The number of carbonyl (C=O) groups excluding carboxylic acids is 4. The molecular weight excluding hydrogens is 773 g/mol. The Kier molecular flexibility index (Phi) is 13.9. The van der Waals surface area contributed by atoms with Crippen LogP contribution in [0.4, 0.5) is 15.4 Å². The van der Waals surface area contributed by atoms with Gasteiger partial charge >= 0.3 is 24.1 Å². The second-order valence-corrected chi connectivity index (χ2v) is 27.6. The maximum absolute atomic E-state index is 13.7. The van der Waals surface area contributed by atoms with E-state index < -0.39 is 88.0 Å². The number of esters is 2. The van der Waals surface area contributed by atoms with Crippen molar-refractivity contribution in [3.8, 4) is 6.07 Å². The molecule has 316 valence electrons. The van der Waals surface area contributed by atoms with E-state index in [-0.39, 0.29) is 24.5 Å². The summed E-state index contributed by atoms with van der Waals surface area (Å²) in [5.74, 6) is -1.04. The van der Waals surface area contributed by atoms with E-state index >= 15 is 0 Å². The number of aromatic nitrogens is 3. The molecule has 57 heavy (non-hydrogen) atoms. The summed E-state index contributed by atoms with van der Waals surface area (Å²) in [5.41, 5.74) is -3.59. The predicted octanol–water partition coefficient (Wildman–Crippen LogP) is 6.54. The van der Waals surface area contributed by atoms with Gasteiger partial charge in [0.1, 0.15) is 48.4 Å². The van der Waals surface area contributed by atoms with Crippen molar-refractivity contribution in [3.05, 3.63) is 24.2 Å². The molecule has 0 radical (unpaired) electrons. The fraction of sp³-hybridized carbons (Fsp3) is 0.711. The number of alkyl carbamates (subject to hydrolysis) is 1. The molecule has 1 aliphatic carbocycles. The molecule has 2 aliphatic rings. The summed E-state index contributed by atoms with van der Waals surface area (Å²) in [6.45, 7) is 21.5. The Balaban J connectivity index is 1.64. The number of hydrogen-bond donors (Lipinski definition) is 2. The van der Waals surface area contributed by atoms with Gasteiger partial charge in [-0.05, 0) is 106 Å². The zero-order valence-electron chi connectivity index (χ0n) is 35.4. The quantitative estimate of drug-likeness (QED) is 0.0950. The van der Waals surface area contributed by atoms with Crippen LogP contribution >= 0.6 is 0 Å². The van der Waals surface area contributed by atoms with E-state index in [1.165, 1.54) is 10.8 Å². The molecule has 3 heterocycles. The summed E-state index contributed by atoms with van der Waals surface area (Å²) in [6, 6.07) is 5.61. The van der Waals surface area contributed by atoms with Crippen LogP contribution in [0.3, 0.4) is 0 Å². The van der Waals surface area contributed by atoms with Crippen LogP contribution in [-0.4, -0.2) is 98.2 Å². The summed E-state index contributed by atoms with van der Waals surface area (Å²) in [4.78, 5) is 55.5. The third kappa shape index (κ3) is 12.2. The Bertz CT molecular complexity index is 1820. The normalized spacial score (nSPS) is 22.6. The highest BCUT2D eigenvalue weighted by Gasteiger charge is 2.61. The van der Waals surface area contributed by atoms with Crippen molar-refractivity contribution < 1.29 is 51.7 Å². The highest BCUT2D eigenvalue weighted by atomic mass is 28.4. The Morgan fingerprint density at radius 2 is 1.58 bits per heavy atom. The molecular formula is C38H60N6O11Si2. The number of nitrogens with zero attached hydrogens (tertiary/aromatic N) is 4. The van der Waals surface area contributed by atoms with Crippen molar-refractivity contribution in [1.82, 2.24) is 19.9 Å². The highest BCUT2D eigenvalue weighted by Crippen LogP contribution is 2.45. The van der Waals surface area contributed by atoms with Gasteiger partial charge in [-0.1, -0.05) is 19.3 Å². The number of amides is 2. The first-order valence-electron chi connectivity index (χ1n) is 19.3. The molecule has 0 unspecified atom stereocenters. The molecule has 2 aromatic rings. The Morgan fingerprint density at radius 1 is 0.930 bits per heavy atom. The molecule has 0 bridgehead atoms. The molecule has 0 aromatic carbocycles. The molecule has 0 spiro atoms. The van der Waals surface area contributed by atoms with Crippen molar-refractivity contribution in [2.45, 2.75) is 154 Å². The molecule has 17 nitrogen and oxygen atoms in total. The van der Waals surface area contributed by atoms with Crippen LogP contribution in [0, 0.1) is 16.7 Å². The standard InChI is InChI=1S/C38H60N6O11Si2/c1-35(2,3)32(46)50-24-51-33(47)42-31-25-16-17-27(44(25)41-23-40-31)38(22-39)30(55-57(10,11)12)29(54-56(7,8)9)26(52-38)21-49-28(45)20-37(18-14-13-15-19-37)43-34(48)53-36(4,5)6/h16-17,23,26,29-30H,13-15,18-21,24H2,1-12H3,(H,43,48)(H,40,41,42,47)/t26-,29-,30-,38+/m1/s1. The topological polar surface area (TPSA) is 211 Å². The van der Waals surface area contributed by atoms with E-state index in [2.05, 4.69) is 26.8 Å². The first kappa shape index (κ1) is 45.6. The van der Waals surface area contributed by atoms with E-state index in [0.29, 0.717) is 18.4 Å². The van der Waals surface area contributed by atoms with Gasteiger partial charge in [0.15, 0.2) is 22.5 Å². The van der Waals surface area contributed by atoms with E-state index in [0.717, 1.165) is 19.3 Å². The van der Waals surface area contributed by atoms with Crippen LogP contribution in [-0.2, 0) is 47.7 Å². The second-order valence-electron chi connectivity index (χ2n) is 18.7. The minimum Gasteiger partial charge on any atom is -0.463 e. The Morgan fingerprint density at radius 3 is 2.16 bits per heavy atom. The van der Waals surface area contributed by atoms with Crippen LogP contribution in [0.25, 0.3) is 5.52 Å². The lowest BCUT2D eigenvalue weighted by atomic mass is 9.79. The van der Waals surface area contributed by atoms with Crippen molar-refractivity contribution in [3.63, 3.8) is 0 Å². The van der Waals surface area contributed by atoms with Gasteiger partial charge in [0.2, 0.25) is 12.4 Å². The number of rotatable bonds is 13. The van der Waals surface area contributed by atoms with E-state index in [1.54, 1.807) is 53.7 Å². The van der Waals surface area contributed by atoms with Crippen LogP contribution in [0.15, 0.2) is 18.5 Å². The zero-order valence-corrected chi connectivity index (χ0v) is 37.4. The van der Waals surface area contributed by atoms with E-state index in [1.807, 2.05) is 39.3 Å². The average molecular weight is 833 g/mol. The lowest BCUT2D eigenvalue weighted by Crippen LogP contribution is -2.53. The second kappa shape index (κ2) is 17.4. The maximum Gasteiger partial charge on any atom is 0.415 e. The lowest BCUT2D eigenvalue weighted by Gasteiger charge is -2.38. The van der Waals surface area contributed by atoms with Gasteiger partial charge in [0.05, 0.1) is 23.1 Å². The molecule has 4 atom stereocenters. The number of hydrogen-bond acceptors (Lipinski definition) is 14. The molecule has 2 aromatic heterocycles. The van der Waals surface area contributed by atoms with E-state index in [4.69, 9.17) is 32.5 Å². The van der Waals surface area contributed by atoms with Gasteiger partial charge in [-0.2, -0.15) is 10.4 Å². The first-order chi connectivity index (χ1) is 26.3. The van der Waals surface area contributed by atoms with Crippen molar-refractivity contribution in [2.75, 3.05) is 18.7 Å². The van der Waals surface area contributed by atoms with Gasteiger partial charge in [-0.15, -0.1) is 0 Å². The van der Waals surface area contributed by atoms with Crippen molar-refractivity contribution in [1.29, 1.82) is 5.26 Å². The third-order valence-electron chi connectivity index (χ3n) is 9.05. The molecule has 1 saturated carbocycles. The fourth-order valence-electron chi connectivity index (χ4n) is 6.75. The number of fused-ring (bicyclic) bond motifs is 1. The number of nitrogens with one attached hydrogen (secondary N) is 2. The molecule has 2 fully saturated rings. The SMILES string of the molecule is CC(C)(C)OC(=O)NC1(CC(=O)OC[C@H]2O[C@@](C#N)(c3ccc4c(NC(=O)OCOC(=O)C(C)(C)C)ncnn34)[C@H](O[Si](C)(C)C)[C@@H]2O[Si](C)(C)C)CCCCC1. The van der Waals surface area contributed by atoms with Gasteiger partial charge in [-0.25, -0.2) is 19.1 Å². The summed E-state index contributed by atoms with van der Waals surface area (Å²) < 4.78 is 43.2. The fourth-order valence-corrected chi connectivity index (χ4v) is 8.91. The predicted molar refractivity (Wildman–Crippen MR) is 213 cm³/mol. The maximum atomic E-state index is 13.7. The van der Waals surface area contributed by atoms with E-state index in [9.17, 15) is 24.4 Å². The number of anilines is 1. The van der Waals surface area contributed by atoms with Gasteiger partial charge in [-0.3, -0.25) is 14.9 Å². The Labute approximate surface area is 337 Å². The molecule has 1 aliphatic heterocycles. The summed E-state index contributed by atoms with van der Waals surface area (Å²) in [7, 11) is -4.82. The van der Waals surface area contributed by atoms with Crippen LogP contribution in [0.5, 0.6) is 0 Å². The third-order valence-corrected chi connectivity index (χ3v) is 11.0. The van der Waals surface area contributed by atoms with Crippen LogP contribution < -0.4 is 10.6 Å². The zero-order chi connectivity index (χ0) is 42.6. The molecule has 1 saturated heterocycles. The monoisotopic (exact) mass is 832 g/mol. The number of ether oxygens (including phenoxy) is 5. The smallest absolute Gasteiger partial charge is 0.415 e. The highest BCUT2D eigenvalue weighted by molar-refractivity contribution is 6.70. The summed E-state index contributed by atoms with van der Waals surface area (Å²) >= 11 is 0. The number of carbonyl (C=O) groups is 4.